The van der Waals surface area contributed by atoms with Crippen LogP contribution in [0.3, 0.4) is 0 Å². The molecular weight excluding hydrogens is 316 g/mol. The Morgan fingerprint density at radius 1 is 1.40 bits per heavy atom. The minimum Gasteiger partial charge on any atom is -0.397 e. The zero-order chi connectivity index (χ0) is 15.1. The van der Waals surface area contributed by atoms with Crippen molar-refractivity contribution in [1.82, 2.24) is 10.2 Å². The van der Waals surface area contributed by atoms with Gasteiger partial charge in [-0.3, -0.25) is 5.10 Å². The van der Waals surface area contributed by atoms with Gasteiger partial charge >= 0.3 is 6.18 Å². The lowest BCUT2D eigenvalue weighted by atomic mass is 10.1. The van der Waals surface area contributed by atoms with E-state index in [-0.39, 0.29) is 27.0 Å². The zero-order valence-electron chi connectivity index (χ0n) is 9.44. The van der Waals surface area contributed by atoms with Crippen molar-refractivity contribution in [2.24, 2.45) is 0 Å². The van der Waals surface area contributed by atoms with E-state index in [1.165, 1.54) is 0 Å². The van der Waals surface area contributed by atoms with Crippen LogP contribution in [0.25, 0.3) is 11.3 Å². The van der Waals surface area contributed by atoms with Crippen molar-refractivity contribution < 1.29 is 13.2 Å². The van der Waals surface area contributed by atoms with Crippen molar-refractivity contribution in [3.05, 3.63) is 33.4 Å². The standard InChI is InChI=1S/C11H4Cl2F3N4/c12-6-2-5(11(14,15)16)10(18)9(13)8(6)7-1-4(3-17)19-20-7/h2H,18H2,(H,19,20). The number of aromatic nitrogens is 2. The van der Waals surface area contributed by atoms with Gasteiger partial charge in [0, 0.05) is 5.56 Å². The topological polar surface area (TPSA) is 78.5 Å². The molecule has 0 aliphatic carbocycles. The lowest BCUT2D eigenvalue weighted by Crippen LogP contribution is -2.10. The van der Waals surface area contributed by atoms with Crippen LogP contribution in [0.4, 0.5) is 18.9 Å². The number of halogens is 5. The van der Waals surface area contributed by atoms with Gasteiger partial charge in [0.05, 0.1) is 33.1 Å². The van der Waals surface area contributed by atoms with Crippen LogP contribution in [-0.2, 0) is 6.18 Å². The average molecular weight is 320 g/mol. The van der Waals surface area contributed by atoms with Gasteiger partial charge in [-0.1, -0.05) is 23.2 Å². The Balaban J connectivity index is 2.68. The predicted molar refractivity (Wildman–Crippen MR) is 67.0 cm³/mol. The van der Waals surface area contributed by atoms with E-state index in [9.17, 15) is 13.2 Å². The highest BCUT2D eigenvalue weighted by Crippen LogP contribution is 2.44. The fraction of sp³-hybridized carbons (Fsp3) is 0.0909. The molecular formula is C11H4Cl2F3N4. The number of hydrogen-bond donors (Lipinski definition) is 2. The van der Waals surface area contributed by atoms with Gasteiger partial charge < -0.3 is 5.73 Å². The van der Waals surface area contributed by atoms with Crippen LogP contribution in [0.15, 0.2) is 6.07 Å². The molecule has 3 N–H and O–H groups in total. The highest BCUT2D eigenvalue weighted by molar-refractivity contribution is 6.41. The van der Waals surface area contributed by atoms with E-state index in [0.717, 1.165) is 0 Å². The maximum atomic E-state index is 12.7. The predicted octanol–water partition coefficient (Wildman–Crippen LogP) is 3.66. The number of hydrogen-bond acceptors (Lipinski definition) is 3. The first-order chi connectivity index (χ1) is 9.25. The summed E-state index contributed by atoms with van der Waals surface area (Å²) in [4.78, 5) is 0. The number of nitrogens with zero attached hydrogens (tertiary/aromatic N) is 2. The molecule has 1 heterocycles. The van der Waals surface area contributed by atoms with Gasteiger partial charge in [-0.2, -0.15) is 23.5 Å². The van der Waals surface area contributed by atoms with Crippen molar-refractivity contribution in [3.8, 4) is 17.3 Å². The normalized spacial score (nSPS) is 11.4. The second kappa shape index (κ2) is 4.89. The molecule has 2 aromatic rings. The minimum atomic E-state index is -4.68. The molecule has 4 nitrogen and oxygen atoms in total. The summed E-state index contributed by atoms with van der Waals surface area (Å²) in [6.45, 7) is 0. The van der Waals surface area contributed by atoms with E-state index in [1.54, 1.807) is 6.07 Å². The summed E-state index contributed by atoms with van der Waals surface area (Å²) in [6.07, 6.45) is -4.68. The van der Waals surface area contributed by atoms with E-state index >= 15 is 0 Å². The summed E-state index contributed by atoms with van der Waals surface area (Å²) in [5.41, 5.74) is 3.62. The maximum Gasteiger partial charge on any atom is 0.418 e. The number of nitriles is 1. The monoisotopic (exact) mass is 319 g/mol. The first-order valence-corrected chi connectivity index (χ1v) is 5.74. The number of H-pyrrole nitrogens is 1. The van der Waals surface area contributed by atoms with Crippen LogP contribution >= 0.6 is 23.2 Å². The van der Waals surface area contributed by atoms with E-state index in [4.69, 9.17) is 34.2 Å². The Kier molecular flexibility index (Phi) is 3.54. The third-order valence-corrected chi connectivity index (χ3v) is 3.13. The number of alkyl halides is 3. The fourth-order valence-electron chi connectivity index (χ4n) is 1.56. The molecule has 1 aromatic carbocycles. The fourth-order valence-corrected chi connectivity index (χ4v) is 2.20. The number of nitrogen functional groups attached to an aromatic ring is 1. The molecule has 0 amide bonds. The van der Waals surface area contributed by atoms with Gasteiger partial charge in [0.2, 0.25) is 0 Å². The second-order valence-electron chi connectivity index (χ2n) is 3.69. The Morgan fingerprint density at radius 2 is 2.05 bits per heavy atom. The summed E-state index contributed by atoms with van der Waals surface area (Å²) in [7, 11) is 0. The Bertz CT molecular complexity index is 716. The molecule has 0 atom stereocenters. The third kappa shape index (κ3) is 2.40. The molecule has 103 valence electrons. The Morgan fingerprint density at radius 3 is 2.55 bits per heavy atom. The van der Waals surface area contributed by atoms with Crippen LogP contribution in [0.5, 0.6) is 0 Å². The molecule has 1 aromatic heterocycles. The molecule has 0 fully saturated rings. The largest absolute Gasteiger partial charge is 0.418 e. The zero-order valence-corrected chi connectivity index (χ0v) is 11.0. The molecule has 0 spiro atoms. The van der Waals surface area contributed by atoms with E-state index < -0.39 is 17.4 Å². The maximum absolute atomic E-state index is 12.7. The molecule has 0 aliphatic heterocycles. The third-order valence-electron chi connectivity index (χ3n) is 2.44. The minimum absolute atomic E-state index is 0.00725. The second-order valence-corrected chi connectivity index (χ2v) is 4.48. The smallest absolute Gasteiger partial charge is 0.397 e. The molecule has 0 saturated carbocycles. The SMILES string of the molecule is N#Cc1[c]c(-c2c(Cl)cc(C(F)(F)F)c(N)c2Cl)[nH]n1. The van der Waals surface area contributed by atoms with Crippen LogP contribution in [0.1, 0.15) is 11.3 Å². The Labute approximate surface area is 120 Å². The van der Waals surface area contributed by atoms with E-state index in [2.05, 4.69) is 16.3 Å². The highest BCUT2D eigenvalue weighted by Gasteiger charge is 2.35. The first-order valence-electron chi connectivity index (χ1n) is 4.98. The molecule has 0 saturated heterocycles. The lowest BCUT2D eigenvalue weighted by molar-refractivity contribution is -0.136. The quantitative estimate of drug-likeness (QED) is 0.787. The number of nitrogens with one attached hydrogen (secondary N) is 1. The number of nitrogens with two attached hydrogens (primary N) is 1. The summed E-state index contributed by atoms with van der Waals surface area (Å²) in [6, 6.07) is 4.89. The first kappa shape index (κ1) is 14.5. The number of benzene rings is 1. The molecule has 20 heavy (non-hydrogen) atoms. The molecule has 0 aliphatic rings. The van der Waals surface area contributed by atoms with Crippen LogP contribution < -0.4 is 5.73 Å². The van der Waals surface area contributed by atoms with Gasteiger partial charge in [-0.15, -0.1) is 0 Å². The van der Waals surface area contributed by atoms with Crippen molar-refractivity contribution in [1.29, 1.82) is 5.26 Å². The highest BCUT2D eigenvalue weighted by atomic mass is 35.5. The average Bonchev–Trinajstić information content (AvgIpc) is 2.81. The van der Waals surface area contributed by atoms with Gasteiger partial charge in [0.15, 0.2) is 5.69 Å². The van der Waals surface area contributed by atoms with Crippen molar-refractivity contribution >= 4 is 28.9 Å². The lowest BCUT2D eigenvalue weighted by Gasteiger charge is -2.14. The van der Waals surface area contributed by atoms with Crippen molar-refractivity contribution in [2.45, 2.75) is 6.18 Å². The number of anilines is 1. The van der Waals surface area contributed by atoms with Crippen LogP contribution in [0.2, 0.25) is 10.0 Å². The van der Waals surface area contributed by atoms with Gasteiger partial charge in [-0.05, 0) is 6.07 Å². The van der Waals surface area contributed by atoms with Crippen LogP contribution in [-0.4, -0.2) is 10.2 Å². The molecule has 9 heteroatoms. The summed E-state index contributed by atoms with van der Waals surface area (Å²) < 4.78 is 38.2. The van der Waals surface area contributed by atoms with Crippen molar-refractivity contribution in [2.75, 3.05) is 5.73 Å². The van der Waals surface area contributed by atoms with Gasteiger partial charge in [-0.25, -0.2) is 0 Å². The van der Waals surface area contributed by atoms with Crippen LogP contribution in [0, 0.1) is 17.4 Å². The molecule has 1 radical (unpaired) electrons. The molecule has 0 bridgehead atoms. The van der Waals surface area contributed by atoms with Crippen molar-refractivity contribution in [3.63, 3.8) is 0 Å². The molecule has 2 rings (SSSR count). The summed E-state index contributed by atoms with van der Waals surface area (Å²) in [5.74, 6) is 0. The molecule has 0 unspecified atom stereocenters. The Hall–Kier alpha value is -1.91. The van der Waals surface area contributed by atoms with E-state index in [0.29, 0.717) is 6.07 Å². The summed E-state index contributed by atoms with van der Waals surface area (Å²) in [5, 5.41) is 14.0. The van der Waals surface area contributed by atoms with E-state index in [1.807, 2.05) is 0 Å². The number of aromatic amines is 1. The summed E-state index contributed by atoms with van der Waals surface area (Å²) >= 11 is 11.6. The van der Waals surface area contributed by atoms with Gasteiger partial charge in [0.1, 0.15) is 6.07 Å². The number of rotatable bonds is 1. The van der Waals surface area contributed by atoms with Gasteiger partial charge in [0.25, 0.3) is 0 Å².